The number of furan rings is 1. The molecule has 0 spiro atoms. The SMILES string of the molecule is Cc1ccc(-c2cc(C(=O)O)ccc2Cl)o1. The number of carboxylic acid groups (broad SMARTS) is 1. The van der Waals surface area contributed by atoms with Gasteiger partial charge in [-0.25, -0.2) is 4.79 Å². The summed E-state index contributed by atoms with van der Waals surface area (Å²) in [5.74, 6) is 0.346. The number of hydrogen-bond donors (Lipinski definition) is 1. The van der Waals surface area contributed by atoms with Gasteiger partial charge in [-0.2, -0.15) is 0 Å². The topological polar surface area (TPSA) is 50.4 Å². The molecular weight excluding hydrogens is 228 g/mol. The Bertz CT molecular complexity index is 543. The fourth-order valence-corrected chi connectivity index (χ4v) is 1.64. The van der Waals surface area contributed by atoms with Crippen molar-refractivity contribution in [3.05, 3.63) is 46.7 Å². The molecule has 82 valence electrons. The smallest absolute Gasteiger partial charge is 0.335 e. The molecule has 1 heterocycles. The minimum absolute atomic E-state index is 0.188. The van der Waals surface area contributed by atoms with Crippen molar-refractivity contribution < 1.29 is 14.3 Å². The second-order valence-electron chi connectivity index (χ2n) is 3.41. The molecule has 0 aliphatic rings. The number of aromatic carboxylic acids is 1. The third kappa shape index (κ3) is 1.95. The van der Waals surface area contributed by atoms with Gasteiger partial charge < -0.3 is 9.52 Å². The predicted molar refractivity (Wildman–Crippen MR) is 60.9 cm³/mol. The van der Waals surface area contributed by atoms with E-state index in [1.165, 1.54) is 12.1 Å². The number of halogens is 1. The molecule has 0 saturated heterocycles. The Morgan fingerprint density at radius 2 is 2.06 bits per heavy atom. The summed E-state index contributed by atoms with van der Waals surface area (Å²) in [7, 11) is 0. The summed E-state index contributed by atoms with van der Waals surface area (Å²) in [6.45, 7) is 1.82. The summed E-state index contributed by atoms with van der Waals surface area (Å²) in [5.41, 5.74) is 0.781. The highest BCUT2D eigenvalue weighted by Crippen LogP contribution is 2.30. The molecule has 16 heavy (non-hydrogen) atoms. The zero-order chi connectivity index (χ0) is 11.7. The quantitative estimate of drug-likeness (QED) is 0.867. The van der Waals surface area contributed by atoms with Crippen molar-refractivity contribution >= 4 is 17.6 Å². The van der Waals surface area contributed by atoms with Crippen LogP contribution in [-0.4, -0.2) is 11.1 Å². The van der Waals surface area contributed by atoms with E-state index in [0.29, 0.717) is 16.3 Å². The third-order valence-corrected chi connectivity index (χ3v) is 2.55. The Kier molecular flexibility index (Phi) is 2.71. The summed E-state index contributed by atoms with van der Waals surface area (Å²) in [6, 6.07) is 8.09. The zero-order valence-corrected chi connectivity index (χ0v) is 9.28. The van der Waals surface area contributed by atoms with Gasteiger partial charge in [0, 0.05) is 5.56 Å². The largest absolute Gasteiger partial charge is 0.478 e. The van der Waals surface area contributed by atoms with Crippen molar-refractivity contribution in [1.82, 2.24) is 0 Å². The van der Waals surface area contributed by atoms with Crippen LogP contribution in [0.3, 0.4) is 0 Å². The normalized spacial score (nSPS) is 10.4. The molecule has 3 nitrogen and oxygen atoms in total. The maximum absolute atomic E-state index is 10.8. The van der Waals surface area contributed by atoms with E-state index in [-0.39, 0.29) is 5.56 Å². The molecule has 1 aromatic heterocycles. The van der Waals surface area contributed by atoms with Crippen LogP contribution in [0.5, 0.6) is 0 Å². The van der Waals surface area contributed by atoms with Crippen molar-refractivity contribution in [2.24, 2.45) is 0 Å². The fourth-order valence-electron chi connectivity index (χ4n) is 1.43. The molecule has 0 unspecified atom stereocenters. The van der Waals surface area contributed by atoms with E-state index < -0.39 is 5.97 Å². The maximum atomic E-state index is 10.8. The first-order valence-corrected chi connectivity index (χ1v) is 5.05. The van der Waals surface area contributed by atoms with Crippen molar-refractivity contribution in [3.8, 4) is 11.3 Å². The van der Waals surface area contributed by atoms with Crippen molar-refractivity contribution in [3.63, 3.8) is 0 Å². The second kappa shape index (κ2) is 4.02. The highest BCUT2D eigenvalue weighted by molar-refractivity contribution is 6.33. The van der Waals surface area contributed by atoms with Crippen LogP contribution < -0.4 is 0 Å². The van der Waals surface area contributed by atoms with E-state index in [1.54, 1.807) is 18.2 Å². The fraction of sp³-hybridized carbons (Fsp3) is 0.0833. The Hall–Kier alpha value is -1.74. The first-order chi connectivity index (χ1) is 7.58. The van der Waals surface area contributed by atoms with E-state index >= 15 is 0 Å². The molecule has 0 amide bonds. The van der Waals surface area contributed by atoms with Gasteiger partial charge in [0.15, 0.2) is 0 Å². The first-order valence-electron chi connectivity index (χ1n) is 4.67. The Morgan fingerprint density at radius 3 is 2.62 bits per heavy atom. The van der Waals surface area contributed by atoms with E-state index in [1.807, 2.05) is 6.92 Å². The molecule has 0 saturated carbocycles. The zero-order valence-electron chi connectivity index (χ0n) is 8.53. The van der Waals surface area contributed by atoms with Gasteiger partial charge in [-0.15, -0.1) is 0 Å². The minimum Gasteiger partial charge on any atom is -0.478 e. The lowest BCUT2D eigenvalue weighted by molar-refractivity contribution is 0.0697. The van der Waals surface area contributed by atoms with Crippen LogP contribution in [0.2, 0.25) is 5.02 Å². The molecule has 0 fully saturated rings. The number of rotatable bonds is 2. The van der Waals surface area contributed by atoms with Gasteiger partial charge in [-0.05, 0) is 37.3 Å². The summed E-state index contributed by atoms with van der Waals surface area (Å²) in [6.07, 6.45) is 0. The summed E-state index contributed by atoms with van der Waals surface area (Å²) >= 11 is 5.99. The van der Waals surface area contributed by atoms with Gasteiger partial charge in [0.1, 0.15) is 11.5 Å². The van der Waals surface area contributed by atoms with E-state index in [0.717, 1.165) is 5.76 Å². The predicted octanol–water partition coefficient (Wildman–Crippen LogP) is 3.61. The summed E-state index contributed by atoms with van der Waals surface area (Å²) < 4.78 is 5.41. The van der Waals surface area contributed by atoms with Gasteiger partial charge in [-0.3, -0.25) is 0 Å². The number of hydrogen-bond acceptors (Lipinski definition) is 2. The lowest BCUT2D eigenvalue weighted by Crippen LogP contribution is -1.96. The highest BCUT2D eigenvalue weighted by atomic mass is 35.5. The summed E-state index contributed by atoms with van der Waals surface area (Å²) in [4.78, 5) is 10.8. The molecule has 4 heteroatoms. The third-order valence-electron chi connectivity index (χ3n) is 2.22. The number of benzene rings is 1. The van der Waals surface area contributed by atoms with Crippen LogP contribution in [0.25, 0.3) is 11.3 Å². The minimum atomic E-state index is -0.985. The van der Waals surface area contributed by atoms with Gasteiger partial charge in [0.05, 0.1) is 10.6 Å². The average molecular weight is 237 g/mol. The lowest BCUT2D eigenvalue weighted by atomic mass is 10.1. The van der Waals surface area contributed by atoms with Gasteiger partial charge in [0.2, 0.25) is 0 Å². The van der Waals surface area contributed by atoms with Crippen molar-refractivity contribution in [1.29, 1.82) is 0 Å². The first kappa shape index (κ1) is 10.8. The molecule has 0 radical (unpaired) electrons. The van der Waals surface area contributed by atoms with Crippen molar-refractivity contribution in [2.45, 2.75) is 6.92 Å². The van der Waals surface area contributed by atoms with E-state index in [2.05, 4.69) is 0 Å². The van der Waals surface area contributed by atoms with Gasteiger partial charge in [-0.1, -0.05) is 11.6 Å². The highest BCUT2D eigenvalue weighted by Gasteiger charge is 2.11. The summed E-state index contributed by atoms with van der Waals surface area (Å²) in [5, 5.41) is 9.35. The molecule has 2 aromatic rings. The molecule has 0 atom stereocenters. The number of carbonyl (C=O) groups is 1. The van der Waals surface area contributed by atoms with E-state index in [9.17, 15) is 4.79 Å². The lowest BCUT2D eigenvalue weighted by Gasteiger charge is -2.02. The molecule has 1 N–H and O–H groups in total. The van der Waals surface area contributed by atoms with Gasteiger partial charge in [0.25, 0.3) is 0 Å². The molecule has 0 aliphatic heterocycles. The van der Waals surface area contributed by atoms with Gasteiger partial charge >= 0.3 is 5.97 Å². The van der Waals surface area contributed by atoms with Crippen LogP contribution >= 0.6 is 11.6 Å². The second-order valence-corrected chi connectivity index (χ2v) is 3.82. The van der Waals surface area contributed by atoms with Crippen LogP contribution in [0.1, 0.15) is 16.1 Å². The Morgan fingerprint density at radius 1 is 1.31 bits per heavy atom. The molecule has 0 bridgehead atoms. The van der Waals surface area contributed by atoms with Crippen LogP contribution in [0.15, 0.2) is 34.7 Å². The number of carboxylic acids is 1. The molecule has 1 aromatic carbocycles. The molecular formula is C12H9ClO3. The van der Waals surface area contributed by atoms with Crippen molar-refractivity contribution in [2.75, 3.05) is 0 Å². The Balaban J connectivity index is 2.55. The Labute approximate surface area is 97.3 Å². The molecule has 0 aliphatic carbocycles. The average Bonchev–Trinajstić information content (AvgIpc) is 2.65. The van der Waals surface area contributed by atoms with Crippen LogP contribution in [-0.2, 0) is 0 Å². The monoisotopic (exact) mass is 236 g/mol. The maximum Gasteiger partial charge on any atom is 0.335 e. The van der Waals surface area contributed by atoms with E-state index in [4.69, 9.17) is 21.1 Å². The molecule has 2 rings (SSSR count). The van der Waals surface area contributed by atoms with Crippen LogP contribution in [0.4, 0.5) is 0 Å². The van der Waals surface area contributed by atoms with Crippen LogP contribution in [0, 0.1) is 6.92 Å². The number of aryl methyl sites for hydroxylation is 1. The standard InChI is InChI=1S/C12H9ClO3/c1-7-2-5-11(16-7)9-6-8(12(14)15)3-4-10(9)13/h2-6H,1H3,(H,14,15).